The highest BCUT2D eigenvalue weighted by atomic mass is 35.7. The molecule has 0 fully saturated rings. The van der Waals surface area contributed by atoms with Crippen molar-refractivity contribution in [1.29, 1.82) is 0 Å². The van der Waals surface area contributed by atoms with Crippen LogP contribution in [-0.2, 0) is 0 Å². The minimum Gasteiger partial charge on any atom is -0.222 e. The summed E-state index contributed by atoms with van der Waals surface area (Å²) >= 11 is 1.84. The molecule has 125 valence electrons. The molecule has 0 aliphatic carbocycles. The lowest BCUT2D eigenvalue weighted by Gasteiger charge is -2.17. The van der Waals surface area contributed by atoms with Crippen molar-refractivity contribution in [3.63, 3.8) is 0 Å². The Labute approximate surface area is 146 Å². The van der Waals surface area contributed by atoms with Crippen molar-refractivity contribution in [3.05, 3.63) is 89.5 Å². The van der Waals surface area contributed by atoms with Crippen molar-refractivity contribution in [2.75, 3.05) is 0 Å². The minimum absolute atomic E-state index is 1.29. The first-order valence-corrected chi connectivity index (χ1v) is 9.05. The van der Waals surface area contributed by atoms with Gasteiger partial charge in [-0.15, -0.1) is 21.6 Å². The smallest absolute Gasteiger partial charge is 0.0351 e. The topological polar surface area (TPSA) is 92.2 Å². The van der Waals surface area contributed by atoms with E-state index in [-0.39, 0.29) is 0 Å². The van der Waals surface area contributed by atoms with Crippen molar-refractivity contribution in [2.24, 2.45) is 0 Å². The Hall–Kier alpha value is -1.86. The lowest BCUT2D eigenvalue weighted by molar-refractivity contribution is -2.00. The molecule has 4 nitrogen and oxygen atoms in total. The molecule has 0 aromatic heterocycles. The van der Waals surface area contributed by atoms with E-state index in [4.69, 9.17) is 18.6 Å². The Balaban J connectivity index is 0.000000368. The Morgan fingerprint density at radius 1 is 0.708 bits per heavy atom. The first-order chi connectivity index (χ1) is 11.3. The second kappa shape index (κ2) is 8.30. The quantitative estimate of drug-likeness (QED) is 0.713. The average molecular weight is 363 g/mol. The highest BCUT2D eigenvalue weighted by molar-refractivity contribution is 8.08. The van der Waals surface area contributed by atoms with Gasteiger partial charge in [-0.2, -0.15) is 0 Å². The summed E-state index contributed by atoms with van der Waals surface area (Å²) in [7, 11) is -4.94. The number of allylic oxidation sites excluding steroid dienone is 3. The molecule has 0 saturated carbocycles. The summed E-state index contributed by atoms with van der Waals surface area (Å²) in [5.41, 5.74) is 3.87. The maximum absolute atomic E-state index is 8.49. The first-order valence-electron chi connectivity index (χ1n) is 7.00. The van der Waals surface area contributed by atoms with Crippen molar-refractivity contribution in [2.45, 2.75) is 6.92 Å². The molecule has 2 aromatic rings. The van der Waals surface area contributed by atoms with E-state index < -0.39 is 10.2 Å². The predicted molar refractivity (Wildman–Crippen MR) is 86.3 cm³/mol. The summed E-state index contributed by atoms with van der Waals surface area (Å²) in [6.45, 7) is 2.16. The minimum atomic E-state index is -4.94. The lowest BCUT2D eigenvalue weighted by atomic mass is 10.1. The fraction of sp³-hybridized carbons (Fsp3) is 0.0556. The van der Waals surface area contributed by atoms with Gasteiger partial charge in [0.1, 0.15) is 0 Å². The van der Waals surface area contributed by atoms with Crippen molar-refractivity contribution >= 4 is 21.1 Å². The molecule has 0 unspecified atom stereocenters. The van der Waals surface area contributed by atoms with E-state index in [2.05, 4.69) is 79.7 Å². The van der Waals surface area contributed by atoms with Crippen LogP contribution < -0.4 is 18.6 Å². The van der Waals surface area contributed by atoms with Crippen molar-refractivity contribution in [1.82, 2.24) is 0 Å². The molecule has 1 radical (unpaired) electrons. The van der Waals surface area contributed by atoms with Gasteiger partial charge >= 0.3 is 0 Å². The van der Waals surface area contributed by atoms with Crippen LogP contribution in [0.25, 0.3) is 4.91 Å². The lowest BCUT2D eigenvalue weighted by Crippen LogP contribution is -2.68. The van der Waals surface area contributed by atoms with E-state index in [0.717, 1.165) is 0 Å². The summed E-state index contributed by atoms with van der Waals surface area (Å²) in [4.78, 5) is 2.64. The SMILES string of the molecule is CC1=CC(c2ccccc2)=[S]C(c2ccccc2)=C1.[O-][Cl+3]([O-])([O-])[O-]. The molecule has 0 saturated heterocycles. The van der Waals surface area contributed by atoms with Crippen molar-refractivity contribution in [3.8, 4) is 0 Å². The average Bonchev–Trinajstić information content (AvgIpc) is 2.54. The van der Waals surface area contributed by atoms with Gasteiger partial charge in [0.05, 0.1) is 0 Å². The molecule has 0 amide bonds. The van der Waals surface area contributed by atoms with E-state index in [0.29, 0.717) is 0 Å². The van der Waals surface area contributed by atoms with E-state index in [9.17, 15) is 0 Å². The summed E-state index contributed by atoms with van der Waals surface area (Å²) in [6, 6.07) is 21.1. The molecule has 0 spiro atoms. The maximum Gasteiger partial charge on any atom is 0.0351 e. The third-order valence-electron chi connectivity index (χ3n) is 3.05. The zero-order valence-electron chi connectivity index (χ0n) is 12.8. The highest BCUT2D eigenvalue weighted by Crippen LogP contribution is 2.29. The van der Waals surface area contributed by atoms with Gasteiger partial charge in [0.15, 0.2) is 0 Å². The third-order valence-corrected chi connectivity index (χ3v) is 4.20. The standard InChI is InChI=1S/C18H15S.ClHO4/c1-14-12-17(15-8-4-2-5-9-15)19-18(13-14)16-10-6-3-7-11-16;2-1(3,4)5/h2-13H,1H3;(H,2,3,4,5)/p-1. The van der Waals surface area contributed by atoms with Gasteiger partial charge in [-0.05, 0) is 35.8 Å². The molecular formula is C18H15ClO4S-. The van der Waals surface area contributed by atoms with E-state index in [1.165, 1.54) is 26.5 Å². The molecular weight excluding hydrogens is 348 g/mol. The summed E-state index contributed by atoms with van der Waals surface area (Å²) in [6.07, 6.45) is 4.51. The first kappa shape index (κ1) is 18.5. The van der Waals surface area contributed by atoms with Crippen molar-refractivity contribution < 1.29 is 28.9 Å². The third kappa shape index (κ3) is 6.33. The second-order valence-electron chi connectivity index (χ2n) is 4.97. The number of hydrogen-bond acceptors (Lipinski definition) is 4. The molecule has 6 heteroatoms. The van der Waals surface area contributed by atoms with Gasteiger partial charge < -0.3 is 0 Å². The second-order valence-corrected chi connectivity index (χ2v) is 6.81. The molecule has 0 atom stereocenters. The molecule has 3 rings (SSSR count). The Bertz CT molecular complexity index is 716. The zero-order valence-corrected chi connectivity index (χ0v) is 14.4. The number of rotatable bonds is 2. The predicted octanol–water partition coefficient (Wildman–Crippen LogP) is 0.185. The maximum atomic E-state index is 8.49. The zero-order chi connectivity index (χ0) is 17.6. The van der Waals surface area contributed by atoms with Gasteiger partial charge in [-0.1, -0.05) is 60.7 Å². The van der Waals surface area contributed by atoms with Gasteiger partial charge in [-0.25, -0.2) is 18.6 Å². The molecule has 24 heavy (non-hydrogen) atoms. The fourth-order valence-corrected chi connectivity index (χ4v) is 3.36. The summed E-state index contributed by atoms with van der Waals surface area (Å²) < 4.78 is 34.0. The molecule has 0 N–H and O–H groups in total. The van der Waals surface area contributed by atoms with Gasteiger partial charge in [-0.3, -0.25) is 0 Å². The van der Waals surface area contributed by atoms with Crippen LogP contribution in [0.1, 0.15) is 18.1 Å². The van der Waals surface area contributed by atoms with Crippen LogP contribution in [0.15, 0.2) is 78.4 Å². The molecule has 1 heterocycles. The van der Waals surface area contributed by atoms with Crippen LogP contribution in [0, 0.1) is 10.2 Å². The summed E-state index contributed by atoms with van der Waals surface area (Å²) in [5.74, 6) is 0. The largest absolute Gasteiger partial charge is 0.222 e. The van der Waals surface area contributed by atoms with Gasteiger partial charge in [0.2, 0.25) is 0 Å². The normalized spacial score (nSPS) is 14.0. The monoisotopic (exact) mass is 362 g/mol. The van der Waals surface area contributed by atoms with Crippen LogP contribution in [0.2, 0.25) is 0 Å². The Morgan fingerprint density at radius 3 is 1.67 bits per heavy atom. The van der Waals surface area contributed by atoms with Crippen LogP contribution in [0.4, 0.5) is 0 Å². The number of hydrogen-bond donors (Lipinski definition) is 0. The summed E-state index contributed by atoms with van der Waals surface area (Å²) in [5, 5.41) is 0. The Morgan fingerprint density at radius 2 is 1.17 bits per heavy atom. The van der Waals surface area contributed by atoms with Gasteiger partial charge in [0, 0.05) is 9.77 Å². The molecule has 0 bridgehead atoms. The van der Waals surface area contributed by atoms with Crippen LogP contribution >= 0.6 is 11.4 Å². The van der Waals surface area contributed by atoms with E-state index >= 15 is 0 Å². The van der Waals surface area contributed by atoms with Crippen LogP contribution in [0.5, 0.6) is 0 Å². The fourth-order valence-electron chi connectivity index (χ4n) is 2.12. The molecule has 1 aliphatic heterocycles. The van der Waals surface area contributed by atoms with Crippen LogP contribution in [0.3, 0.4) is 0 Å². The Kier molecular flexibility index (Phi) is 6.39. The van der Waals surface area contributed by atoms with E-state index in [1.54, 1.807) is 0 Å². The number of halogens is 1. The highest BCUT2D eigenvalue weighted by Gasteiger charge is 2.08. The molecule has 1 aliphatic rings. The van der Waals surface area contributed by atoms with E-state index in [1.807, 2.05) is 11.4 Å². The molecule has 2 aromatic carbocycles. The van der Waals surface area contributed by atoms with Crippen LogP contribution in [-0.4, -0.2) is 4.86 Å². The number of benzene rings is 2. The van der Waals surface area contributed by atoms with Gasteiger partial charge in [0.25, 0.3) is 0 Å².